The number of hydrogen-bond acceptors (Lipinski definition) is 6. The first kappa shape index (κ1) is 16.1. The topological polar surface area (TPSA) is 80.4 Å². The van der Waals surface area contributed by atoms with Gasteiger partial charge in [-0.2, -0.15) is 13.8 Å². The SMILES string of the molecule is OC1(c2nc(COCC(F)(F)C(F)F)no2)CCNCC1. The van der Waals surface area contributed by atoms with Crippen LogP contribution in [-0.4, -0.2) is 47.3 Å². The Balaban J connectivity index is 1.89. The first-order valence-corrected chi connectivity index (χ1v) is 6.33. The zero-order chi connectivity index (χ0) is 15.5. The van der Waals surface area contributed by atoms with Gasteiger partial charge in [-0.15, -0.1) is 0 Å². The summed E-state index contributed by atoms with van der Waals surface area (Å²) in [5.41, 5.74) is -1.26. The molecule has 2 heterocycles. The van der Waals surface area contributed by atoms with Crippen molar-refractivity contribution < 1.29 is 31.9 Å². The van der Waals surface area contributed by atoms with E-state index in [1.54, 1.807) is 0 Å². The van der Waals surface area contributed by atoms with E-state index in [1.165, 1.54) is 0 Å². The van der Waals surface area contributed by atoms with Crippen molar-refractivity contribution in [2.45, 2.75) is 37.4 Å². The normalized spacial score (nSPS) is 19.1. The summed E-state index contributed by atoms with van der Waals surface area (Å²) in [6.07, 6.45) is -3.05. The Morgan fingerprint density at radius 3 is 2.67 bits per heavy atom. The lowest BCUT2D eigenvalue weighted by Crippen LogP contribution is -2.40. The lowest BCUT2D eigenvalue weighted by molar-refractivity contribution is -0.168. The molecule has 0 bridgehead atoms. The van der Waals surface area contributed by atoms with Crippen LogP contribution in [0.2, 0.25) is 0 Å². The summed E-state index contributed by atoms with van der Waals surface area (Å²) < 4.78 is 58.4. The van der Waals surface area contributed by atoms with Crippen molar-refractivity contribution in [3.05, 3.63) is 11.7 Å². The molecule has 0 atom stereocenters. The average Bonchev–Trinajstić information content (AvgIpc) is 2.89. The maximum Gasteiger partial charge on any atom is 0.330 e. The highest BCUT2D eigenvalue weighted by atomic mass is 19.3. The van der Waals surface area contributed by atoms with E-state index in [0.717, 1.165) is 0 Å². The van der Waals surface area contributed by atoms with Crippen LogP contribution in [0, 0.1) is 0 Å². The minimum Gasteiger partial charge on any atom is -0.380 e. The second-order valence-electron chi connectivity index (χ2n) is 4.85. The Morgan fingerprint density at radius 1 is 1.38 bits per heavy atom. The van der Waals surface area contributed by atoms with E-state index in [9.17, 15) is 22.7 Å². The number of aliphatic hydroxyl groups is 1. The number of alkyl halides is 4. The van der Waals surface area contributed by atoms with Crippen molar-refractivity contribution in [3.8, 4) is 0 Å². The third-order valence-electron chi connectivity index (χ3n) is 3.14. The van der Waals surface area contributed by atoms with Gasteiger partial charge in [0.15, 0.2) is 5.82 Å². The van der Waals surface area contributed by atoms with E-state index in [2.05, 4.69) is 20.2 Å². The molecule has 1 saturated heterocycles. The molecule has 0 radical (unpaired) electrons. The molecule has 0 spiro atoms. The van der Waals surface area contributed by atoms with Crippen LogP contribution < -0.4 is 5.32 Å². The second kappa shape index (κ2) is 6.24. The molecular weight excluding hydrogens is 298 g/mol. The standard InChI is InChI=1S/C11H15F4N3O3/c12-8(13)11(14,15)6-20-5-7-17-9(21-18-7)10(19)1-3-16-4-2-10/h8,16,19H,1-6H2. The molecule has 1 aliphatic rings. The molecule has 120 valence electrons. The smallest absolute Gasteiger partial charge is 0.330 e. The summed E-state index contributed by atoms with van der Waals surface area (Å²) in [5.74, 6) is -4.33. The first-order valence-electron chi connectivity index (χ1n) is 6.33. The molecule has 0 aromatic carbocycles. The van der Waals surface area contributed by atoms with Crippen molar-refractivity contribution in [2.75, 3.05) is 19.7 Å². The van der Waals surface area contributed by atoms with Gasteiger partial charge in [0.05, 0.1) is 0 Å². The molecule has 1 aromatic heterocycles. The summed E-state index contributed by atoms with van der Waals surface area (Å²) in [5, 5.41) is 16.8. The van der Waals surface area contributed by atoms with E-state index in [4.69, 9.17) is 4.52 Å². The third kappa shape index (κ3) is 3.89. The first-order chi connectivity index (χ1) is 9.83. The molecule has 2 N–H and O–H groups in total. The maximum absolute atomic E-state index is 12.6. The molecule has 6 nitrogen and oxygen atoms in total. The van der Waals surface area contributed by atoms with Gasteiger partial charge >= 0.3 is 12.3 Å². The van der Waals surface area contributed by atoms with E-state index in [-0.39, 0.29) is 11.7 Å². The predicted octanol–water partition coefficient (Wildman–Crippen LogP) is 1.06. The van der Waals surface area contributed by atoms with Crippen molar-refractivity contribution in [2.24, 2.45) is 0 Å². The van der Waals surface area contributed by atoms with Crippen molar-refractivity contribution >= 4 is 0 Å². The van der Waals surface area contributed by atoms with Gasteiger partial charge < -0.3 is 19.7 Å². The van der Waals surface area contributed by atoms with Gasteiger partial charge in [0.25, 0.3) is 5.89 Å². The molecule has 0 amide bonds. The van der Waals surface area contributed by atoms with Crippen LogP contribution in [0.25, 0.3) is 0 Å². The van der Waals surface area contributed by atoms with Crippen LogP contribution in [0.3, 0.4) is 0 Å². The second-order valence-corrected chi connectivity index (χ2v) is 4.85. The van der Waals surface area contributed by atoms with Gasteiger partial charge in [0.2, 0.25) is 0 Å². The summed E-state index contributed by atoms with van der Waals surface area (Å²) in [6.45, 7) is -0.792. The summed E-state index contributed by atoms with van der Waals surface area (Å²) in [6, 6.07) is 0. The molecule has 0 aliphatic carbocycles. The van der Waals surface area contributed by atoms with Crippen LogP contribution in [-0.2, 0) is 16.9 Å². The minimum atomic E-state index is -4.22. The Morgan fingerprint density at radius 2 is 2.05 bits per heavy atom. The molecule has 2 rings (SSSR count). The Bertz CT molecular complexity index is 463. The van der Waals surface area contributed by atoms with Gasteiger partial charge in [0, 0.05) is 0 Å². The molecule has 0 saturated carbocycles. The number of piperidine rings is 1. The average molecular weight is 313 g/mol. The number of aromatic nitrogens is 2. The monoisotopic (exact) mass is 313 g/mol. The number of nitrogens with one attached hydrogen (secondary N) is 1. The summed E-state index contributed by atoms with van der Waals surface area (Å²) in [7, 11) is 0. The lowest BCUT2D eigenvalue weighted by atomic mass is 9.92. The highest BCUT2D eigenvalue weighted by Gasteiger charge is 2.41. The van der Waals surface area contributed by atoms with Gasteiger partial charge in [-0.05, 0) is 25.9 Å². The van der Waals surface area contributed by atoms with E-state index in [0.29, 0.717) is 25.9 Å². The Kier molecular flexibility index (Phi) is 4.79. The zero-order valence-electron chi connectivity index (χ0n) is 11.0. The van der Waals surface area contributed by atoms with Crippen LogP contribution >= 0.6 is 0 Å². The van der Waals surface area contributed by atoms with Crippen molar-refractivity contribution in [3.63, 3.8) is 0 Å². The van der Waals surface area contributed by atoms with E-state index >= 15 is 0 Å². The molecule has 10 heteroatoms. The Hall–Kier alpha value is -1.26. The fraction of sp³-hybridized carbons (Fsp3) is 0.818. The highest BCUT2D eigenvalue weighted by Crippen LogP contribution is 2.29. The molecule has 1 aromatic rings. The van der Waals surface area contributed by atoms with Crippen LogP contribution in [0.1, 0.15) is 24.6 Å². The highest BCUT2D eigenvalue weighted by molar-refractivity contribution is 5.01. The van der Waals surface area contributed by atoms with Gasteiger partial charge in [-0.1, -0.05) is 5.16 Å². The Labute approximate surface area is 117 Å². The van der Waals surface area contributed by atoms with Crippen molar-refractivity contribution in [1.82, 2.24) is 15.5 Å². The molecule has 0 unspecified atom stereocenters. The fourth-order valence-corrected chi connectivity index (χ4v) is 1.90. The maximum atomic E-state index is 12.6. The number of halogens is 4. The van der Waals surface area contributed by atoms with Crippen LogP contribution in [0.4, 0.5) is 17.6 Å². The zero-order valence-corrected chi connectivity index (χ0v) is 11.0. The molecule has 1 fully saturated rings. The number of rotatable bonds is 6. The third-order valence-corrected chi connectivity index (χ3v) is 3.14. The van der Waals surface area contributed by atoms with E-state index < -0.39 is 31.2 Å². The summed E-state index contributed by atoms with van der Waals surface area (Å²) in [4.78, 5) is 3.86. The molecule has 21 heavy (non-hydrogen) atoms. The van der Waals surface area contributed by atoms with E-state index in [1.807, 2.05) is 0 Å². The fourth-order valence-electron chi connectivity index (χ4n) is 1.90. The van der Waals surface area contributed by atoms with Gasteiger partial charge in [-0.25, -0.2) is 8.78 Å². The predicted molar refractivity (Wildman–Crippen MR) is 60.9 cm³/mol. The van der Waals surface area contributed by atoms with Crippen LogP contribution in [0.5, 0.6) is 0 Å². The van der Waals surface area contributed by atoms with Crippen molar-refractivity contribution in [1.29, 1.82) is 0 Å². The van der Waals surface area contributed by atoms with Gasteiger partial charge in [-0.3, -0.25) is 0 Å². The van der Waals surface area contributed by atoms with Crippen LogP contribution in [0.15, 0.2) is 4.52 Å². The largest absolute Gasteiger partial charge is 0.380 e. The lowest BCUT2D eigenvalue weighted by Gasteiger charge is -2.28. The number of nitrogens with zero attached hydrogens (tertiary/aromatic N) is 2. The van der Waals surface area contributed by atoms with Gasteiger partial charge in [0.1, 0.15) is 18.8 Å². The number of ether oxygens (including phenoxy) is 1. The summed E-state index contributed by atoms with van der Waals surface area (Å²) >= 11 is 0. The quantitative estimate of drug-likeness (QED) is 0.764. The minimum absolute atomic E-state index is 0.0248. The molecule has 1 aliphatic heterocycles. The molecular formula is C11H15F4N3O3. The number of hydrogen-bond donors (Lipinski definition) is 2.